The van der Waals surface area contributed by atoms with Crippen LogP contribution in [0.2, 0.25) is 0 Å². The first kappa shape index (κ1) is 8.06. The highest BCUT2D eigenvalue weighted by atomic mass is 13.8. The van der Waals surface area contributed by atoms with E-state index in [1.807, 2.05) is 6.08 Å². The van der Waals surface area contributed by atoms with E-state index in [-0.39, 0.29) is 0 Å². The fourth-order valence-corrected chi connectivity index (χ4v) is 0.883. The lowest BCUT2D eigenvalue weighted by molar-refractivity contribution is 1.04. The summed E-state index contributed by atoms with van der Waals surface area (Å²) >= 11 is 0. The van der Waals surface area contributed by atoms with E-state index in [1.165, 1.54) is 0 Å². The van der Waals surface area contributed by atoms with E-state index < -0.39 is 0 Å². The Labute approximate surface area is 68.6 Å². The lowest BCUT2D eigenvalue weighted by atomic mass is 10.2. The second kappa shape index (κ2) is 5.72. The number of rotatable bonds is 0. The number of hydrogen-bond donors (Lipinski definition) is 0. The zero-order valence-electron chi connectivity index (χ0n) is 6.66. The summed E-state index contributed by atoms with van der Waals surface area (Å²) in [6.07, 6.45) is 21.0. The van der Waals surface area contributed by atoms with Gasteiger partial charge in [0.15, 0.2) is 0 Å². The molecule has 0 heterocycles. The second-order valence-electron chi connectivity index (χ2n) is 2.43. The average Bonchev–Trinajstić information content (AvgIpc) is 2.08. The predicted octanol–water partition coefficient (Wildman–Crippen LogP) is 3.20. The van der Waals surface area contributed by atoms with Crippen LogP contribution in [0.4, 0.5) is 0 Å². The molecule has 0 amide bonds. The molecule has 0 aromatic heterocycles. The third-order valence-corrected chi connectivity index (χ3v) is 1.46. The van der Waals surface area contributed by atoms with Crippen LogP contribution >= 0.6 is 0 Å². The van der Waals surface area contributed by atoms with Gasteiger partial charge in [0, 0.05) is 0 Å². The van der Waals surface area contributed by atoms with Gasteiger partial charge in [0.25, 0.3) is 0 Å². The van der Waals surface area contributed by atoms with Gasteiger partial charge in [-0.3, -0.25) is 0 Å². The fourth-order valence-electron chi connectivity index (χ4n) is 0.883. The Morgan fingerprint density at radius 1 is 0.818 bits per heavy atom. The summed E-state index contributed by atoms with van der Waals surface area (Å²) in [6, 6.07) is 0. The molecule has 1 radical (unpaired) electrons. The van der Waals surface area contributed by atoms with Crippen molar-refractivity contribution in [2.75, 3.05) is 0 Å². The third kappa shape index (κ3) is 4.38. The number of allylic oxidation sites excluding steroid dienone is 8. The first-order chi connectivity index (χ1) is 5.50. The van der Waals surface area contributed by atoms with Gasteiger partial charge in [0.2, 0.25) is 0 Å². The minimum Gasteiger partial charge on any atom is -0.0842 e. The predicted molar refractivity (Wildman–Crippen MR) is 49.1 cm³/mol. The summed E-state index contributed by atoms with van der Waals surface area (Å²) in [7, 11) is 0. The maximum Gasteiger partial charge on any atom is -0.00948 e. The third-order valence-electron chi connectivity index (χ3n) is 1.46. The Kier molecular flexibility index (Phi) is 4.19. The zero-order valence-corrected chi connectivity index (χ0v) is 6.66. The first-order valence-electron chi connectivity index (χ1n) is 4.03. The molecule has 0 aliphatic heterocycles. The van der Waals surface area contributed by atoms with Crippen molar-refractivity contribution in [1.29, 1.82) is 0 Å². The molecule has 11 heavy (non-hydrogen) atoms. The fraction of sp³-hybridized carbons (Fsp3) is 0.273. The normalized spacial score (nSPS) is 29.8. The molecule has 0 unspecified atom stereocenters. The van der Waals surface area contributed by atoms with Gasteiger partial charge in [-0.15, -0.1) is 0 Å². The van der Waals surface area contributed by atoms with Crippen LogP contribution in [0.3, 0.4) is 0 Å². The Morgan fingerprint density at radius 2 is 1.64 bits per heavy atom. The molecule has 0 aromatic rings. The Bertz CT molecular complexity index is 192. The SMILES string of the molecule is [C]1=C\CC\C=C/C=C\C=C\C/1. The van der Waals surface area contributed by atoms with Crippen LogP contribution in [0.15, 0.2) is 42.5 Å². The van der Waals surface area contributed by atoms with Crippen LogP contribution < -0.4 is 0 Å². The highest BCUT2D eigenvalue weighted by Gasteiger charge is 1.77. The first-order valence-corrected chi connectivity index (χ1v) is 4.03. The quantitative estimate of drug-likeness (QED) is 0.491. The van der Waals surface area contributed by atoms with Crippen LogP contribution in [0.1, 0.15) is 19.3 Å². The van der Waals surface area contributed by atoms with Crippen LogP contribution in [0.5, 0.6) is 0 Å². The topological polar surface area (TPSA) is 0 Å². The van der Waals surface area contributed by atoms with Crippen molar-refractivity contribution in [3.05, 3.63) is 48.6 Å². The lowest BCUT2D eigenvalue weighted by Gasteiger charge is -1.83. The summed E-state index contributed by atoms with van der Waals surface area (Å²) in [4.78, 5) is 0. The molecule has 0 saturated carbocycles. The Morgan fingerprint density at radius 3 is 2.55 bits per heavy atom. The van der Waals surface area contributed by atoms with Crippen molar-refractivity contribution in [2.45, 2.75) is 19.3 Å². The van der Waals surface area contributed by atoms with E-state index in [1.54, 1.807) is 0 Å². The van der Waals surface area contributed by atoms with Crippen molar-refractivity contribution in [1.82, 2.24) is 0 Å². The van der Waals surface area contributed by atoms with E-state index in [0.717, 1.165) is 19.3 Å². The van der Waals surface area contributed by atoms with Crippen LogP contribution in [-0.2, 0) is 0 Å². The molecule has 1 rings (SSSR count). The van der Waals surface area contributed by atoms with Crippen molar-refractivity contribution >= 4 is 0 Å². The van der Waals surface area contributed by atoms with Crippen LogP contribution in [0.25, 0.3) is 0 Å². The van der Waals surface area contributed by atoms with Gasteiger partial charge in [0.05, 0.1) is 0 Å². The van der Waals surface area contributed by atoms with Gasteiger partial charge >= 0.3 is 0 Å². The second-order valence-corrected chi connectivity index (χ2v) is 2.43. The summed E-state index contributed by atoms with van der Waals surface area (Å²) in [5, 5.41) is 0. The van der Waals surface area contributed by atoms with Crippen molar-refractivity contribution in [3.8, 4) is 0 Å². The van der Waals surface area contributed by atoms with E-state index in [9.17, 15) is 0 Å². The minimum absolute atomic E-state index is 0.935. The molecule has 57 valence electrons. The van der Waals surface area contributed by atoms with Crippen molar-refractivity contribution < 1.29 is 0 Å². The summed E-state index contributed by atoms with van der Waals surface area (Å²) in [5.41, 5.74) is 0. The molecular weight excluding hydrogens is 132 g/mol. The highest BCUT2D eigenvalue weighted by molar-refractivity contribution is 5.12. The van der Waals surface area contributed by atoms with Gasteiger partial charge < -0.3 is 0 Å². The van der Waals surface area contributed by atoms with E-state index in [2.05, 4.69) is 42.5 Å². The van der Waals surface area contributed by atoms with Crippen molar-refractivity contribution in [2.24, 2.45) is 0 Å². The average molecular weight is 145 g/mol. The summed E-state index contributed by atoms with van der Waals surface area (Å²) in [6.45, 7) is 0. The van der Waals surface area contributed by atoms with E-state index >= 15 is 0 Å². The molecule has 0 bridgehead atoms. The van der Waals surface area contributed by atoms with Gasteiger partial charge in [-0.05, 0) is 25.3 Å². The molecule has 0 saturated heterocycles. The molecule has 0 fully saturated rings. The van der Waals surface area contributed by atoms with Gasteiger partial charge in [-0.2, -0.15) is 0 Å². The number of hydrogen-bond acceptors (Lipinski definition) is 0. The molecule has 0 atom stereocenters. The summed E-state index contributed by atoms with van der Waals surface area (Å²) in [5.74, 6) is 0. The summed E-state index contributed by atoms with van der Waals surface area (Å²) < 4.78 is 0. The molecule has 1 aliphatic carbocycles. The Balaban J connectivity index is 2.47. The molecule has 0 spiro atoms. The standard InChI is InChI=1S/C11H13/c1-2-4-6-8-10-11-9-7-5-3-1/h1-6,11H,7-9H2/b2-1-,5-3-,6-4+,11-10?. The largest absolute Gasteiger partial charge is 0.0842 e. The molecule has 0 aromatic carbocycles. The van der Waals surface area contributed by atoms with Gasteiger partial charge in [-0.1, -0.05) is 42.5 Å². The molecule has 0 nitrogen and oxygen atoms in total. The van der Waals surface area contributed by atoms with Crippen LogP contribution in [0, 0.1) is 6.08 Å². The minimum atomic E-state index is 0.935. The monoisotopic (exact) mass is 145 g/mol. The molecule has 1 aliphatic rings. The highest BCUT2D eigenvalue weighted by Crippen LogP contribution is 1.96. The lowest BCUT2D eigenvalue weighted by Crippen LogP contribution is -1.64. The van der Waals surface area contributed by atoms with Crippen LogP contribution in [-0.4, -0.2) is 0 Å². The molecule has 0 heteroatoms. The van der Waals surface area contributed by atoms with Gasteiger partial charge in [-0.25, -0.2) is 0 Å². The Hall–Kier alpha value is -1.04. The van der Waals surface area contributed by atoms with Gasteiger partial charge in [0.1, 0.15) is 0 Å². The molecular formula is C11H13. The zero-order chi connectivity index (χ0) is 7.78. The maximum atomic E-state index is 3.20. The van der Waals surface area contributed by atoms with E-state index in [0.29, 0.717) is 0 Å². The maximum absolute atomic E-state index is 3.20. The van der Waals surface area contributed by atoms with E-state index in [4.69, 9.17) is 0 Å². The van der Waals surface area contributed by atoms with Crippen molar-refractivity contribution in [3.63, 3.8) is 0 Å². The molecule has 0 N–H and O–H groups in total. The smallest absolute Gasteiger partial charge is 0.00948 e.